The van der Waals surface area contributed by atoms with Gasteiger partial charge < -0.3 is 32.0 Å². The summed E-state index contributed by atoms with van der Waals surface area (Å²) in [7, 11) is 0. The normalized spacial score (nSPS) is 22.8. The fraction of sp³-hybridized carbons (Fsp3) is 0.524. The summed E-state index contributed by atoms with van der Waals surface area (Å²) in [6.45, 7) is 0.730. The van der Waals surface area contributed by atoms with E-state index in [-0.39, 0.29) is 35.2 Å². The van der Waals surface area contributed by atoms with Crippen LogP contribution in [0.4, 0.5) is 27.5 Å². The first kappa shape index (κ1) is 22.3. The quantitative estimate of drug-likeness (QED) is 0.391. The van der Waals surface area contributed by atoms with Gasteiger partial charge in [-0.05, 0) is 38.2 Å². The topological polar surface area (TPSA) is 155 Å². The van der Waals surface area contributed by atoms with Gasteiger partial charge in [-0.15, -0.1) is 10.2 Å². The number of nitrogens with zero attached hydrogens (tertiary/aromatic N) is 4. The van der Waals surface area contributed by atoms with Crippen LogP contribution in [-0.4, -0.2) is 46.3 Å². The zero-order valence-corrected chi connectivity index (χ0v) is 17.9. The third kappa shape index (κ3) is 4.79. The number of hydroxylamine groups is 2. The van der Waals surface area contributed by atoms with Crippen molar-refractivity contribution in [2.45, 2.75) is 57.0 Å². The number of aromatic nitrogens is 3. The van der Waals surface area contributed by atoms with E-state index < -0.39 is 16.4 Å². The number of quaternary nitrogens is 1. The number of carbonyl (C=O) groups excluding carboxylic acids is 1. The van der Waals surface area contributed by atoms with Gasteiger partial charge in [0.2, 0.25) is 5.95 Å². The highest BCUT2D eigenvalue weighted by Gasteiger charge is 2.27. The molecule has 1 aliphatic carbocycles. The van der Waals surface area contributed by atoms with E-state index in [0.717, 1.165) is 44.9 Å². The second-order valence-corrected chi connectivity index (χ2v) is 8.58. The van der Waals surface area contributed by atoms with E-state index in [0.29, 0.717) is 18.8 Å². The Bertz CT molecular complexity index is 982. The van der Waals surface area contributed by atoms with Gasteiger partial charge in [-0.25, -0.2) is 4.39 Å². The summed E-state index contributed by atoms with van der Waals surface area (Å²) in [6, 6.07) is 4.25. The van der Waals surface area contributed by atoms with Gasteiger partial charge in [-0.2, -0.15) is 4.98 Å². The lowest BCUT2D eigenvalue weighted by Crippen LogP contribution is -2.47. The zero-order valence-electron chi connectivity index (χ0n) is 17.9. The molecule has 0 radical (unpaired) electrons. The fourth-order valence-electron chi connectivity index (χ4n) is 4.46. The average molecular weight is 445 g/mol. The average Bonchev–Trinajstić information content (AvgIpc) is 2.76. The number of hydrogen-bond donors (Lipinski definition) is 4. The lowest BCUT2D eigenvalue weighted by atomic mass is 9.91. The van der Waals surface area contributed by atoms with Crippen molar-refractivity contribution in [3.63, 3.8) is 0 Å². The van der Waals surface area contributed by atoms with Crippen molar-refractivity contribution in [1.82, 2.24) is 19.8 Å². The Hall–Kier alpha value is -2.89. The Morgan fingerprint density at radius 3 is 2.56 bits per heavy atom. The van der Waals surface area contributed by atoms with Gasteiger partial charge in [0.1, 0.15) is 0 Å². The summed E-state index contributed by atoms with van der Waals surface area (Å²) in [5.74, 6) is -1.17. The van der Waals surface area contributed by atoms with Gasteiger partial charge in [0, 0.05) is 29.9 Å². The van der Waals surface area contributed by atoms with Crippen LogP contribution in [0.3, 0.4) is 0 Å². The number of piperidine rings is 1. The zero-order chi connectivity index (χ0) is 22.7. The maximum atomic E-state index is 14.9. The molecule has 2 heterocycles. The van der Waals surface area contributed by atoms with Crippen molar-refractivity contribution in [2.75, 3.05) is 23.7 Å². The van der Waals surface area contributed by atoms with Crippen LogP contribution in [0.1, 0.15) is 55.4 Å². The number of halogens is 1. The third-order valence-electron chi connectivity index (χ3n) is 6.24. The molecule has 1 saturated heterocycles. The Morgan fingerprint density at radius 1 is 1.12 bits per heavy atom. The molecule has 11 heteroatoms. The summed E-state index contributed by atoms with van der Waals surface area (Å²) in [5, 5.41) is 26.9. The van der Waals surface area contributed by atoms with Crippen molar-refractivity contribution in [3.8, 4) is 0 Å². The first-order valence-corrected chi connectivity index (χ1v) is 11.1. The highest BCUT2D eigenvalue weighted by atomic mass is 19.1. The fourth-order valence-corrected chi connectivity index (χ4v) is 4.46. The monoisotopic (exact) mass is 444 g/mol. The number of anilines is 3. The number of carbonyl (C=O) groups is 1. The molecule has 0 bridgehead atoms. The van der Waals surface area contributed by atoms with Crippen LogP contribution >= 0.6 is 0 Å². The number of primary amides is 1. The van der Waals surface area contributed by atoms with E-state index in [4.69, 9.17) is 11.5 Å². The molecule has 10 nitrogen and oxygen atoms in total. The molecule has 1 aromatic carbocycles. The van der Waals surface area contributed by atoms with Gasteiger partial charge in [-0.3, -0.25) is 4.79 Å². The first-order valence-electron chi connectivity index (χ1n) is 11.1. The molecule has 1 aromatic heterocycles. The Labute approximate surface area is 185 Å². The van der Waals surface area contributed by atoms with E-state index >= 15 is 0 Å². The highest BCUT2D eigenvalue weighted by molar-refractivity contribution is 5.96. The molecular formula is C21H29FN8O2. The van der Waals surface area contributed by atoms with Gasteiger partial charge in [0.25, 0.3) is 5.91 Å². The standard InChI is InChI=1S/C21H29FN8O2/c22-14-12-13(8-9-17(14)30(32)10-4-1-5-11-30)25-20-18(19(24)31)28-29-21(27-20)26-16-7-3-2-6-15(16)23/h8-9,12,15-16H,1-7,10-11,23H2,(H2,24,31)(H2,25,26,27,29)/t15-,16+/m0/s1. The molecule has 172 valence electrons. The summed E-state index contributed by atoms with van der Waals surface area (Å²) in [4.78, 5) is 16.1. The number of benzene rings is 1. The number of nitrogens with one attached hydrogen (secondary N) is 2. The van der Waals surface area contributed by atoms with Crippen LogP contribution in [0.5, 0.6) is 0 Å². The van der Waals surface area contributed by atoms with Crippen molar-refractivity contribution < 1.29 is 9.18 Å². The third-order valence-corrected chi connectivity index (χ3v) is 6.24. The molecule has 4 rings (SSSR count). The smallest absolute Gasteiger partial charge is 0.273 e. The van der Waals surface area contributed by atoms with Crippen molar-refractivity contribution in [3.05, 3.63) is 34.9 Å². The molecular weight excluding hydrogens is 415 g/mol. The number of nitrogens with two attached hydrogens (primary N) is 2. The molecule has 0 spiro atoms. The minimum absolute atomic E-state index is 0.00365. The molecule has 6 N–H and O–H groups in total. The summed E-state index contributed by atoms with van der Waals surface area (Å²) in [6.07, 6.45) is 6.46. The van der Waals surface area contributed by atoms with Gasteiger partial charge >= 0.3 is 0 Å². The number of amides is 1. The number of hydrogen-bond acceptors (Lipinski definition) is 8. The van der Waals surface area contributed by atoms with Crippen molar-refractivity contribution >= 4 is 29.0 Å². The van der Waals surface area contributed by atoms with Crippen LogP contribution in [0.2, 0.25) is 0 Å². The molecule has 2 atom stereocenters. The lowest BCUT2D eigenvalue weighted by molar-refractivity contribution is 0.0995. The van der Waals surface area contributed by atoms with E-state index in [1.165, 1.54) is 12.1 Å². The summed E-state index contributed by atoms with van der Waals surface area (Å²) < 4.78 is 14.2. The molecule has 2 aliphatic rings. The van der Waals surface area contributed by atoms with Gasteiger partial charge in [0.15, 0.2) is 23.0 Å². The molecule has 0 unspecified atom stereocenters. The van der Waals surface area contributed by atoms with Crippen LogP contribution in [0, 0.1) is 11.0 Å². The Kier molecular flexibility index (Phi) is 6.49. The molecule has 1 saturated carbocycles. The summed E-state index contributed by atoms with van der Waals surface area (Å²) >= 11 is 0. The number of rotatable bonds is 6. The van der Waals surface area contributed by atoms with Crippen molar-refractivity contribution in [2.24, 2.45) is 11.5 Å². The van der Waals surface area contributed by atoms with E-state index in [1.807, 2.05) is 0 Å². The van der Waals surface area contributed by atoms with Crippen molar-refractivity contribution in [1.29, 1.82) is 0 Å². The van der Waals surface area contributed by atoms with Crippen LogP contribution in [0.25, 0.3) is 0 Å². The predicted octanol–water partition coefficient (Wildman–Crippen LogP) is 2.52. The Morgan fingerprint density at radius 2 is 1.88 bits per heavy atom. The van der Waals surface area contributed by atoms with E-state index in [9.17, 15) is 14.4 Å². The molecule has 2 fully saturated rings. The predicted molar refractivity (Wildman–Crippen MR) is 121 cm³/mol. The maximum Gasteiger partial charge on any atom is 0.273 e. The van der Waals surface area contributed by atoms with Crippen LogP contribution < -0.4 is 26.7 Å². The molecule has 2 aromatic rings. The second kappa shape index (κ2) is 9.31. The molecule has 1 aliphatic heterocycles. The first-order chi connectivity index (χ1) is 15.4. The minimum Gasteiger partial charge on any atom is -0.627 e. The molecule has 1 amide bonds. The highest BCUT2D eigenvalue weighted by Crippen LogP contribution is 2.32. The Balaban J connectivity index is 1.57. The van der Waals surface area contributed by atoms with Crippen LogP contribution in [-0.2, 0) is 0 Å². The van der Waals surface area contributed by atoms with E-state index in [2.05, 4.69) is 25.8 Å². The summed E-state index contributed by atoms with van der Waals surface area (Å²) in [5.41, 5.74) is 11.8. The maximum absolute atomic E-state index is 14.9. The van der Waals surface area contributed by atoms with Gasteiger partial charge in [0.05, 0.1) is 13.1 Å². The van der Waals surface area contributed by atoms with Gasteiger partial charge in [-0.1, -0.05) is 12.8 Å². The molecule has 32 heavy (non-hydrogen) atoms. The van der Waals surface area contributed by atoms with E-state index in [1.54, 1.807) is 6.07 Å². The largest absolute Gasteiger partial charge is 0.627 e. The lowest BCUT2D eigenvalue weighted by Gasteiger charge is -2.44. The minimum atomic E-state index is -0.817. The second-order valence-electron chi connectivity index (χ2n) is 8.58. The SMILES string of the molecule is NC(=O)c1nnc(N[C@@H]2CCCC[C@@H]2N)nc1Nc1ccc([N+]2([O-])CCCCC2)c(F)c1. The van der Waals surface area contributed by atoms with Crippen LogP contribution in [0.15, 0.2) is 18.2 Å².